The Morgan fingerprint density at radius 3 is 2.90 bits per heavy atom. The maximum absolute atomic E-state index is 11.7. The SMILES string of the molecule is CCC1CCC/C1=N\NC(=O)COc1ccc(Cl)cc1. The normalized spacial score (nSPS) is 20.1. The highest BCUT2D eigenvalue weighted by Gasteiger charge is 2.20. The molecule has 0 radical (unpaired) electrons. The van der Waals surface area contributed by atoms with Gasteiger partial charge in [0.1, 0.15) is 5.75 Å². The maximum Gasteiger partial charge on any atom is 0.277 e. The molecule has 2 rings (SSSR count). The summed E-state index contributed by atoms with van der Waals surface area (Å²) in [5, 5.41) is 4.86. The van der Waals surface area contributed by atoms with Gasteiger partial charge in [0.05, 0.1) is 0 Å². The minimum atomic E-state index is -0.241. The van der Waals surface area contributed by atoms with Crippen LogP contribution in [0.4, 0.5) is 0 Å². The van der Waals surface area contributed by atoms with E-state index in [4.69, 9.17) is 16.3 Å². The molecule has 1 saturated carbocycles. The first-order valence-electron chi connectivity index (χ1n) is 6.92. The number of halogens is 1. The van der Waals surface area contributed by atoms with Crippen molar-refractivity contribution in [3.05, 3.63) is 29.3 Å². The molecule has 20 heavy (non-hydrogen) atoms. The number of rotatable bonds is 5. The van der Waals surface area contributed by atoms with Gasteiger partial charge in [-0.25, -0.2) is 5.43 Å². The zero-order chi connectivity index (χ0) is 14.4. The second-order valence-corrected chi connectivity index (χ2v) is 5.31. The monoisotopic (exact) mass is 294 g/mol. The van der Waals surface area contributed by atoms with E-state index < -0.39 is 0 Å². The molecule has 1 aromatic rings. The van der Waals surface area contributed by atoms with Crippen molar-refractivity contribution in [1.82, 2.24) is 5.43 Å². The van der Waals surface area contributed by atoms with Crippen LogP contribution in [-0.4, -0.2) is 18.2 Å². The average molecular weight is 295 g/mol. The molecule has 1 fully saturated rings. The summed E-state index contributed by atoms with van der Waals surface area (Å²) >= 11 is 5.77. The van der Waals surface area contributed by atoms with Gasteiger partial charge in [0, 0.05) is 10.7 Å². The van der Waals surface area contributed by atoms with Gasteiger partial charge >= 0.3 is 0 Å². The van der Waals surface area contributed by atoms with E-state index in [-0.39, 0.29) is 12.5 Å². The summed E-state index contributed by atoms with van der Waals surface area (Å²) in [6.07, 6.45) is 4.40. The summed E-state index contributed by atoms with van der Waals surface area (Å²) in [5.41, 5.74) is 3.67. The molecular formula is C15H19ClN2O2. The van der Waals surface area contributed by atoms with Crippen LogP contribution in [0, 0.1) is 5.92 Å². The van der Waals surface area contributed by atoms with Gasteiger partial charge in [-0.05, 0) is 55.9 Å². The molecule has 0 saturated heterocycles. The Morgan fingerprint density at radius 1 is 1.45 bits per heavy atom. The molecule has 108 valence electrons. The number of nitrogens with one attached hydrogen (secondary N) is 1. The lowest BCUT2D eigenvalue weighted by atomic mass is 10.0. The number of benzene rings is 1. The Bertz CT molecular complexity index is 485. The fourth-order valence-corrected chi connectivity index (χ4v) is 2.46. The molecule has 0 aliphatic heterocycles. The predicted molar refractivity (Wildman–Crippen MR) is 80.2 cm³/mol. The molecule has 1 N–H and O–H groups in total. The number of carbonyl (C=O) groups excluding carboxylic acids is 1. The van der Waals surface area contributed by atoms with Crippen LogP contribution in [0.1, 0.15) is 32.6 Å². The minimum absolute atomic E-state index is 0.0464. The molecule has 0 bridgehead atoms. The molecule has 1 aliphatic rings. The van der Waals surface area contributed by atoms with Crippen LogP contribution in [0.15, 0.2) is 29.4 Å². The van der Waals surface area contributed by atoms with Crippen LogP contribution < -0.4 is 10.2 Å². The Labute approximate surface area is 124 Å². The average Bonchev–Trinajstić information content (AvgIpc) is 2.92. The van der Waals surface area contributed by atoms with Gasteiger partial charge in [0.15, 0.2) is 6.61 Å². The van der Waals surface area contributed by atoms with E-state index in [0.29, 0.717) is 16.7 Å². The molecule has 5 heteroatoms. The number of carbonyl (C=O) groups is 1. The van der Waals surface area contributed by atoms with Gasteiger partial charge in [0.25, 0.3) is 5.91 Å². The number of nitrogens with zero attached hydrogens (tertiary/aromatic N) is 1. The van der Waals surface area contributed by atoms with E-state index in [2.05, 4.69) is 17.5 Å². The standard InChI is InChI=1S/C15H19ClN2O2/c1-2-11-4-3-5-14(11)17-18-15(19)10-20-13-8-6-12(16)7-9-13/h6-9,11H,2-5,10H2,1H3,(H,18,19)/b17-14+. The number of hydrogen-bond acceptors (Lipinski definition) is 3. The Morgan fingerprint density at radius 2 is 2.20 bits per heavy atom. The van der Waals surface area contributed by atoms with Gasteiger partial charge in [-0.3, -0.25) is 4.79 Å². The van der Waals surface area contributed by atoms with Crippen LogP contribution in [0.25, 0.3) is 0 Å². The molecule has 0 heterocycles. The zero-order valence-corrected chi connectivity index (χ0v) is 12.3. The van der Waals surface area contributed by atoms with Gasteiger partial charge in [-0.2, -0.15) is 5.10 Å². The number of amides is 1. The van der Waals surface area contributed by atoms with Crippen molar-refractivity contribution in [1.29, 1.82) is 0 Å². The van der Waals surface area contributed by atoms with E-state index >= 15 is 0 Å². The maximum atomic E-state index is 11.7. The lowest BCUT2D eigenvalue weighted by Crippen LogP contribution is -2.26. The lowest BCUT2D eigenvalue weighted by molar-refractivity contribution is -0.123. The van der Waals surface area contributed by atoms with Crippen molar-refractivity contribution in [2.45, 2.75) is 32.6 Å². The van der Waals surface area contributed by atoms with Crippen LogP contribution in [0.2, 0.25) is 5.02 Å². The fourth-order valence-electron chi connectivity index (χ4n) is 2.33. The first-order valence-corrected chi connectivity index (χ1v) is 7.30. The predicted octanol–water partition coefficient (Wildman–Crippen LogP) is 3.40. The molecule has 1 aliphatic carbocycles. The molecule has 4 nitrogen and oxygen atoms in total. The van der Waals surface area contributed by atoms with Crippen molar-refractivity contribution in [3.63, 3.8) is 0 Å². The largest absolute Gasteiger partial charge is 0.484 e. The molecule has 1 aromatic carbocycles. The number of hydrogen-bond donors (Lipinski definition) is 1. The van der Waals surface area contributed by atoms with Gasteiger partial charge < -0.3 is 4.74 Å². The third kappa shape index (κ3) is 4.23. The Balaban J connectivity index is 1.78. The second-order valence-electron chi connectivity index (χ2n) is 4.88. The highest BCUT2D eigenvalue weighted by Crippen LogP contribution is 2.24. The summed E-state index contributed by atoms with van der Waals surface area (Å²) < 4.78 is 5.35. The summed E-state index contributed by atoms with van der Waals surface area (Å²) in [5.74, 6) is 0.895. The fraction of sp³-hybridized carbons (Fsp3) is 0.467. The second kappa shape index (κ2) is 7.29. The van der Waals surface area contributed by atoms with Crippen LogP contribution in [0.5, 0.6) is 5.75 Å². The molecule has 1 atom stereocenters. The zero-order valence-electron chi connectivity index (χ0n) is 11.6. The summed E-state index contributed by atoms with van der Waals surface area (Å²) in [6, 6.07) is 6.90. The molecule has 0 spiro atoms. The van der Waals surface area contributed by atoms with Crippen molar-refractivity contribution in [2.75, 3.05) is 6.61 Å². The Hall–Kier alpha value is -1.55. The summed E-state index contributed by atoms with van der Waals surface area (Å²) in [6.45, 7) is 2.10. The third-order valence-electron chi connectivity index (χ3n) is 3.46. The van der Waals surface area contributed by atoms with Crippen LogP contribution in [-0.2, 0) is 4.79 Å². The molecular weight excluding hydrogens is 276 g/mol. The Kier molecular flexibility index (Phi) is 5.41. The van der Waals surface area contributed by atoms with Crippen LogP contribution >= 0.6 is 11.6 Å². The highest BCUT2D eigenvalue weighted by atomic mass is 35.5. The topological polar surface area (TPSA) is 50.7 Å². The van der Waals surface area contributed by atoms with E-state index in [9.17, 15) is 4.79 Å². The van der Waals surface area contributed by atoms with Gasteiger partial charge in [-0.1, -0.05) is 18.5 Å². The summed E-state index contributed by atoms with van der Waals surface area (Å²) in [7, 11) is 0. The van der Waals surface area contributed by atoms with E-state index in [1.807, 2.05) is 0 Å². The lowest BCUT2D eigenvalue weighted by Gasteiger charge is -2.08. The van der Waals surface area contributed by atoms with Gasteiger partial charge in [-0.15, -0.1) is 0 Å². The number of hydrazone groups is 1. The molecule has 0 aromatic heterocycles. The molecule has 1 amide bonds. The molecule has 1 unspecified atom stereocenters. The van der Waals surface area contributed by atoms with E-state index in [1.165, 1.54) is 6.42 Å². The van der Waals surface area contributed by atoms with E-state index in [1.54, 1.807) is 24.3 Å². The smallest absolute Gasteiger partial charge is 0.277 e. The quantitative estimate of drug-likeness (QED) is 0.846. The van der Waals surface area contributed by atoms with Crippen molar-refractivity contribution < 1.29 is 9.53 Å². The first kappa shape index (κ1) is 14.9. The van der Waals surface area contributed by atoms with E-state index in [0.717, 1.165) is 25.0 Å². The van der Waals surface area contributed by atoms with Gasteiger partial charge in [0.2, 0.25) is 0 Å². The minimum Gasteiger partial charge on any atom is -0.484 e. The first-order chi connectivity index (χ1) is 9.69. The van der Waals surface area contributed by atoms with Crippen LogP contribution in [0.3, 0.4) is 0 Å². The van der Waals surface area contributed by atoms with Crippen molar-refractivity contribution in [2.24, 2.45) is 11.0 Å². The number of ether oxygens (including phenoxy) is 1. The van der Waals surface area contributed by atoms with Crippen molar-refractivity contribution >= 4 is 23.2 Å². The highest BCUT2D eigenvalue weighted by molar-refractivity contribution is 6.30. The third-order valence-corrected chi connectivity index (χ3v) is 3.71. The van der Waals surface area contributed by atoms with Crippen molar-refractivity contribution in [3.8, 4) is 5.75 Å². The summed E-state index contributed by atoms with van der Waals surface area (Å²) in [4.78, 5) is 11.7.